The van der Waals surface area contributed by atoms with Crippen LogP contribution in [-0.2, 0) is 14.8 Å². The van der Waals surface area contributed by atoms with Gasteiger partial charge in [-0.3, -0.25) is 4.79 Å². The van der Waals surface area contributed by atoms with Crippen molar-refractivity contribution in [2.75, 3.05) is 11.9 Å². The van der Waals surface area contributed by atoms with Crippen molar-refractivity contribution >= 4 is 21.6 Å². The summed E-state index contributed by atoms with van der Waals surface area (Å²) in [6, 6.07) is 6.48. The summed E-state index contributed by atoms with van der Waals surface area (Å²) in [7, 11) is -3.55. The number of rotatable bonds is 8. The molecule has 0 unspecified atom stereocenters. The fraction of sp³-hybridized carbons (Fsp3) is 0.462. The zero-order valence-electron chi connectivity index (χ0n) is 11.7. The van der Waals surface area contributed by atoms with Crippen LogP contribution in [0.1, 0.15) is 26.7 Å². The first kappa shape index (κ1) is 16.5. The molecule has 4 N–H and O–H groups in total. The number of nitrogens with one attached hydrogen (secondary N) is 2. The van der Waals surface area contributed by atoms with E-state index in [1.165, 1.54) is 0 Å². The first-order chi connectivity index (χ1) is 9.33. The number of nitrogens with two attached hydrogens (primary N) is 1. The summed E-state index contributed by atoms with van der Waals surface area (Å²) in [5, 5.41) is 3.02. The average Bonchev–Trinajstić information content (AvgIpc) is 2.33. The van der Waals surface area contributed by atoms with E-state index in [4.69, 9.17) is 5.73 Å². The highest BCUT2D eigenvalue weighted by atomic mass is 32.2. The molecule has 0 saturated heterocycles. The van der Waals surface area contributed by atoms with Crippen LogP contribution in [0.2, 0.25) is 0 Å². The number of amides is 1. The monoisotopic (exact) mass is 299 g/mol. The minimum Gasteiger partial charge on any atom is -0.384 e. The van der Waals surface area contributed by atoms with Crippen molar-refractivity contribution in [2.45, 2.75) is 37.6 Å². The summed E-state index contributed by atoms with van der Waals surface area (Å²) in [5.41, 5.74) is 5.57. The van der Waals surface area contributed by atoms with Gasteiger partial charge in [-0.05, 0) is 32.4 Å². The molecule has 0 aliphatic heterocycles. The molecular weight excluding hydrogens is 278 g/mol. The maximum absolute atomic E-state index is 12.2. The van der Waals surface area contributed by atoms with Crippen molar-refractivity contribution in [3.8, 4) is 0 Å². The quantitative estimate of drug-likeness (QED) is 0.624. The summed E-state index contributed by atoms with van der Waals surface area (Å²) in [4.78, 5) is 10.8. The van der Waals surface area contributed by atoms with Crippen LogP contribution in [0.4, 0.5) is 5.69 Å². The lowest BCUT2D eigenvalue weighted by Gasteiger charge is -2.14. The normalized spacial score (nSPS) is 11.6. The maximum atomic E-state index is 12.2. The predicted octanol–water partition coefficient (Wildman–Crippen LogP) is 1.05. The molecule has 0 aliphatic carbocycles. The number of benzene rings is 1. The summed E-state index contributed by atoms with van der Waals surface area (Å²) >= 11 is 0. The second kappa shape index (κ2) is 7.25. The third kappa shape index (κ3) is 5.18. The van der Waals surface area contributed by atoms with Crippen LogP contribution in [0.5, 0.6) is 0 Å². The van der Waals surface area contributed by atoms with Gasteiger partial charge in [0.25, 0.3) is 0 Å². The van der Waals surface area contributed by atoms with Gasteiger partial charge in [0.05, 0.1) is 5.69 Å². The highest BCUT2D eigenvalue weighted by molar-refractivity contribution is 7.89. The van der Waals surface area contributed by atoms with Crippen molar-refractivity contribution in [1.29, 1.82) is 0 Å². The van der Waals surface area contributed by atoms with E-state index in [1.54, 1.807) is 38.1 Å². The van der Waals surface area contributed by atoms with Gasteiger partial charge >= 0.3 is 0 Å². The number of para-hydroxylation sites is 1. The third-order valence-electron chi connectivity index (χ3n) is 2.48. The van der Waals surface area contributed by atoms with E-state index in [9.17, 15) is 13.2 Å². The van der Waals surface area contributed by atoms with Gasteiger partial charge in [-0.15, -0.1) is 0 Å². The first-order valence-corrected chi connectivity index (χ1v) is 7.95. The minimum absolute atomic E-state index is 0.178. The Labute approximate surface area is 119 Å². The molecule has 0 spiro atoms. The van der Waals surface area contributed by atoms with Gasteiger partial charge in [-0.25, -0.2) is 13.1 Å². The van der Waals surface area contributed by atoms with Gasteiger partial charge in [0.15, 0.2) is 0 Å². The summed E-state index contributed by atoms with van der Waals surface area (Å²) in [6.07, 6.45) is 0.827. The molecule has 1 aromatic carbocycles. The lowest BCUT2D eigenvalue weighted by molar-refractivity contribution is -0.118. The number of hydrogen-bond donors (Lipinski definition) is 3. The number of anilines is 1. The summed E-state index contributed by atoms with van der Waals surface area (Å²) < 4.78 is 26.9. The Morgan fingerprint density at radius 2 is 1.95 bits per heavy atom. The predicted molar refractivity (Wildman–Crippen MR) is 78.8 cm³/mol. The lowest BCUT2D eigenvalue weighted by Crippen LogP contribution is -2.30. The van der Waals surface area contributed by atoms with E-state index >= 15 is 0 Å². The largest absolute Gasteiger partial charge is 0.384 e. The van der Waals surface area contributed by atoms with Crippen LogP contribution in [0.15, 0.2) is 29.2 Å². The molecule has 0 aromatic heterocycles. The fourth-order valence-corrected chi connectivity index (χ4v) is 3.14. The Kier molecular flexibility index (Phi) is 5.97. The second-order valence-corrected chi connectivity index (χ2v) is 6.45. The van der Waals surface area contributed by atoms with E-state index in [2.05, 4.69) is 10.0 Å². The molecule has 20 heavy (non-hydrogen) atoms. The molecule has 0 aliphatic rings. The average molecular weight is 299 g/mol. The van der Waals surface area contributed by atoms with E-state index < -0.39 is 10.0 Å². The molecule has 6 nitrogen and oxygen atoms in total. The highest BCUT2D eigenvalue weighted by Gasteiger charge is 2.18. The molecular formula is C13H21N3O3S. The Morgan fingerprint density at radius 1 is 1.30 bits per heavy atom. The Morgan fingerprint density at radius 3 is 2.55 bits per heavy atom. The Hall–Kier alpha value is -1.60. The number of primary amides is 1. The standard InChI is InChI=1S/C13H21N3O3S/c1-10(2)16-20(18,19)12-7-4-3-6-11(12)15-9-5-8-13(14)17/h3-4,6-7,10,15-16H,5,8-9H2,1-2H3,(H2,14,17). The van der Waals surface area contributed by atoms with Gasteiger partial charge in [0, 0.05) is 19.0 Å². The number of sulfonamides is 1. The van der Waals surface area contributed by atoms with Crippen molar-refractivity contribution in [3.05, 3.63) is 24.3 Å². The number of hydrogen-bond acceptors (Lipinski definition) is 4. The van der Waals surface area contributed by atoms with Crippen LogP contribution >= 0.6 is 0 Å². The van der Waals surface area contributed by atoms with Gasteiger partial charge in [-0.1, -0.05) is 12.1 Å². The first-order valence-electron chi connectivity index (χ1n) is 6.46. The van der Waals surface area contributed by atoms with Crippen LogP contribution in [0.25, 0.3) is 0 Å². The number of carbonyl (C=O) groups excluding carboxylic acids is 1. The molecule has 1 aromatic rings. The van der Waals surface area contributed by atoms with E-state index in [-0.39, 0.29) is 23.3 Å². The summed E-state index contributed by atoms with van der Waals surface area (Å²) in [6.45, 7) is 4.01. The van der Waals surface area contributed by atoms with E-state index in [0.717, 1.165) is 0 Å². The molecule has 112 valence electrons. The zero-order valence-corrected chi connectivity index (χ0v) is 12.5. The smallest absolute Gasteiger partial charge is 0.242 e. The van der Waals surface area contributed by atoms with Crippen molar-refractivity contribution in [3.63, 3.8) is 0 Å². The molecule has 1 rings (SSSR count). The fourth-order valence-electron chi connectivity index (χ4n) is 1.71. The molecule has 7 heteroatoms. The number of carbonyl (C=O) groups is 1. The van der Waals surface area contributed by atoms with Crippen LogP contribution in [0, 0.1) is 0 Å². The molecule has 0 fully saturated rings. The molecule has 0 bridgehead atoms. The summed E-state index contributed by atoms with van der Waals surface area (Å²) in [5.74, 6) is -0.366. The van der Waals surface area contributed by atoms with Gasteiger partial charge in [-0.2, -0.15) is 0 Å². The van der Waals surface area contributed by atoms with Gasteiger partial charge < -0.3 is 11.1 Å². The van der Waals surface area contributed by atoms with Crippen molar-refractivity contribution in [1.82, 2.24) is 4.72 Å². The molecule has 0 saturated carbocycles. The zero-order chi connectivity index (χ0) is 15.2. The van der Waals surface area contributed by atoms with Crippen molar-refractivity contribution in [2.24, 2.45) is 5.73 Å². The van der Waals surface area contributed by atoms with E-state index in [1.807, 2.05) is 0 Å². The van der Waals surface area contributed by atoms with Crippen LogP contribution < -0.4 is 15.8 Å². The Bertz CT molecular complexity index is 556. The molecule has 0 atom stereocenters. The van der Waals surface area contributed by atoms with Crippen LogP contribution in [-0.4, -0.2) is 26.9 Å². The Balaban J connectivity index is 2.80. The van der Waals surface area contributed by atoms with Gasteiger partial charge in [0.1, 0.15) is 4.90 Å². The minimum atomic E-state index is -3.55. The maximum Gasteiger partial charge on any atom is 0.242 e. The van der Waals surface area contributed by atoms with Gasteiger partial charge in [0.2, 0.25) is 15.9 Å². The SMILES string of the molecule is CC(C)NS(=O)(=O)c1ccccc1NCCCC(N)=O. The van der Waals surface area contributed by atoms with E-state index in [0.29, 0.717) is 18.7 Å². The second-order valence-electron chi connectivity index (χ2n) is 4.77. The molecule has 0 heterocycles. The third-order valence-corrected chi connectivity index (χ3v) is 4.20. The van der Waals surface area contributed by atoms with Crippen molar-refractivity contribution < 1.29 is 13.2 Å². The molecule has 1 amide bonds. The van der Waals surface area contributed by atoms with Crippen LogP contribution in [0.3, 0.4) is 0 Å². The molecule has 0 radical (unpaired) electrons. The highest BCUT2D eigenvalue weighted by Crippen LogP contribution is 2.20. The topological polar surface area (TPSA) is 101 Å². The lowest BCUT2D eigenvalue weighted by atomic mass is 10.2.